The maximum absolute atomic E-state index is 13.1. The summed E-state index contributed by atoms with van der Waals surface area (Å²) >= 11 is 0. The van der Waals surface area contributed by atoms with Gasteiger partial charge >= 0.3 is 6.03 Å². The lowest BCUT2D eigenvalue weighted by atomic mass is 9.64. The average Bonchev–Trinajstić information content (AvgIpc) is 2.50. The molecule has 4 nitrogen and oxygen atoms in total. The number of piperidine rings is 1. The number of hydrogen-bond acceptors (Lipinski definition) is 2. The number of benzene rings is 1. The summed E-state index contributed by atoms with van der Waals surface area (Å²) in [5.41, 5.74) is 1.03. The number of carbonyl (C=O) groups is 1. The van der Waals surface area contributed by atoms with Crippen LogP contribution in [0.3, 0.4) is 0 Å². The molecule has 23 heavy (non-hydrogen) atoms. The van der Waals surface area contributed by atoms with Gasteiger partial charge in [0, 0.05) is 25.0 Å². The van der Waals surface area contributed by atoms with Gasteiger partial charge in [-0.1, -0.05) is 25.5 Å². The minimum atomic E-state index is -0.440. The van der Waals surface area contributed by atoms with Crippen molar-refractivity contribution in [1.82, 2.24) is 10.2 Å². The van der Waals surface area contributed by atoms with Crippen molar-refractivity contribution in [2.45, 2.75) is 44.1 Å². The van der Waals surface area contributed by atoms with E-state index in [1.54, 1.807) is 4.90 Å². The van der Waals surface area contributed by atoms with Crippen molar-refractivity contribution >= 4 is 6.03 Å². The Morgan fingerprint density at radius 2 is 2.09 bits per heavy atom. The van der Waals surface area contributed by atoms with E-state index in [1.807, 2.05) is 19.1 Å². The molecule has 3 rings (SSSR count). The molecule has 0 bridgehead atoms. The van der Waals surface area contributed by atoms with E-state index in [0.29, 0.717) is 19.6 Å². The number of nitrogens with zero attached hydrogens (tertiary/aromatic N) is 1. The van der Waals surface area contributed by atoms with Crippen molar-refractivity contribution in [2.75, 3.05) is 19.6 Å². The Labute approximate surface area is 136 Å². The highest BCUT2D eigenvalue weighted by atomic mass is 19.1. The first-order chi connectivity index (χ1) is 11.0. The first-order valence-electron chi connectivity index (χ1n) is 8.47. The molecule has 1 saturated heterocycles. The molecule has 1 saturated carbocycles. The number of halogens is 1. The number of urea groups is 1. The van der Waals surface area contributed by atoms with E-state index < -0.39 is 6.10 Å². The largest absolute Gasteiger partial charge is 0.391 e. The Balaban J connectivity index is 1.60. The number of amides is 2. The number of carbonyl (C=O) groups excluding carboxylic acids is 1. The van der Waals surface area contributed by atoms with Gasteiger partial charge < -0.3 is 15.3 Å². The number of likely N-dealkylation sites (tertiary alicyclic amines) is 1. The Morgan fingerprint density at radius 3 is 2.65 bits per heavy atom. The normalized spacial score (nSPS) is 26.5. The fraction of sp³-hybridized carbons (Fsp3) is 0.611. The van der Waals surface area contributed by atoms with Gasteiger partial charge in [0.05, 0.1) is 6.10 Å². The Bertz CT molecular complexity index is 557. The van der Waals surface area contributed by atoms with Gasteiger partial charge in [0.1, 0.15) is 5.82 Å². The fourth-order valence-corrected chi connectivity index (χ4v) is 3.56. The summed E-state index contributed by atoms with van der Waals surface area (Å²) in [5.74, 6) is 0.0138. The lowest BCUT2D eigenvalue weighted by molar-refractivity contribution is 0.0429. The van der Waals surface area contributed by atoms with Gasteiger partial charge in [-0.25, -0.2) is 9.18 Å². The van der Waals surface area contributed by atoms with Crippen LogP contribution in [0.2, 0.25) is 0 Å². The molecular formula is C18H25FN2O2. The van der Waals surface area contributed by atoms with E-state index in [0.717, 1.165) is 31.2 Å². The molecule has 1 aliphatic heterocycles. The first kappa shape index (κ1) is 16.2. The van der Waals surface area contributed by atoms with Crippen molar-refractivity contribution < 1.29 is 14.3 Å². The van der Waals surface area contributed by atoms with Crippen LogP contribution in [0.1, 0.15) is 38.2 Å². The molecule has 1 aromatic carbocycles. The second kappa shape index (κ2) is 6.48. The van der Waals surface area contributed by atoms with Crippen molar-refractivity contribution in [2.24, 2.45) is 5.92 Å². The molecule has 2 fully saturated rings. The lowest BCUT2D eigenvalue weighted by Gasteiger charge is -2.43. The molecule has 2 amide bonds. The van der Waals surface area contributed by atoms with Gasteiger partial charge in [0.25, 0.3) is 0 Å². The van der Waals surface area contributed by atoms with E-state index in [2.05, 4.69) is 5.32 Å². The molecule has 2 unspecified atom stereocenters. The monoisotopic (exact) mass is 320 g/mol. The van der Waals surface area contributed by atoms with Gasteiger partial charge in [-0.15, -0.1) is 0 Å². The minimum absolute atomic E-state index is 0.0644. The fourth-order valence-electron chi connectivity index (χ4n) is 3.56. The second-order valence-electron chi connectivity index (χ2n) is 7.08. The Kier molecular flexibility index (Phi) is 4.57. The predicted octanol–water partition coefficient (Wildman–Crippen LogP) is 2.66. The summed E-state index contributed by atoms with van der Waals surface area (Å²) in [4.78, 5) is 14.1. The SMILES string of the molecule is CC1CCN(C(=O)NCC2(c3ccc(F)cc3)CCC2)CC1O. The van der Waals surface area contributed by atoms with E-state index in [4.69, 9.17) is 0 Å². The highest BCUT2D eigenvalue weighted by Crippen LogP contribution is 2.43. The predicted molar refractivity (Wildman–Crippen MR) is 86.7 cm³/mol. The highest BCUT2D eigenvalue weighted by Gasteiger charge is 2.39. The molecule has 126 valence electrons. The van der Waals surface area contributed by atoms with Gasteiger partial charge in [0.2, 0.25) is 0 Å². The summed E-state index contributed by atoms with van der Waals surface area (Å²) in [5, 5.41) is 13.0. The van der Waals surface area contributed by atoms with Crippen LogP contribution in [0.4, 0.5) is 9.18 Å². The highest BCUT2D eigenvalue weighted by molar-refractivity contribution is 5.74. The number of hydrogen-bond donors (Lipinski definition) is 2. The maximum Gasteiger partial charge on any atom is 0.317 e. The van der Waals surface area contributed by atoms with E-state index in [1.165, 1.54) is 12.1 Å². The van der Waals surface area contributed by atoms with Crippen LogP contribution in [0.5, 0.6) is 0 Å². The average molecular weight is 320 g/mol. The summed E-state index contributed by atoms with van der Waals surface area (Å²) in [7, 11) is 0. The van der Waals surface area contributed by atoms with Crippen LogP contribution >= 0.6 is 0 Å². The zero-order valence-electron chi connectivity index (χ0n) is 13.6. The summed E-state index contributed by atoms with van der Waals surface area (Å²) < 4.78 is 13.1. The van der Waals surface area contributed by atoms with Crippen LogP contribution < -0.4 is 5.32 Å². The molecule has 2 aliphatic rings. The number of β-amino-alcohol motifs (C(OH)–C–C–N with tert-alkyl or cyclic N) is 1. The molecule has 0 spiro atoms. The first-order valence-corrected chi connectivity index (χ1v) is 8.47. The van der Waals surface area contributed by atoms with Crippen LogP contribution in [0.25, 0.3) is 0 Å². The Morgan fingerprint density at radius 1 is 1.39 bits per heavy atom. The zero-order valence-corrected chi connectivity index (χ0v) is 13.6. The van der Waals surface area contributed by atoms with Crippen LogP contribution in [-0.4, -0.2) is 41.8 Å². The van der Waals surface area contributed by atoms with Gasteiger partial charge in [-0.2, -0.15) is 0 Å². The molecule has 2 N–H and O–H groups in total. The smallest absolute Gasteiger partial charge is 0.317 e. The number of aliphatic hydroxyl groups excluding tert-OH is 1. The van der Waals surface area contributed by atoms with E-state index in [-0.39, 0.29) is 23.2 Å². The van der Waals surface area contributed by atoms with Gasteiger partial charge in [-0.3, -0.25) is 0 Å². The number of nitrogens with one attached hydrogen (secondary N) is 1. The van der Waals surface area contributed by atoms with Crippen LogP contribution in [0, 0.1) is 11.7 Å². The third kappa shape index (κ3) is 3.34. The molecular weight excluding hydrogens is 295 g/mol. The standard InChI is InChI=1S/C18H25FN2O2/c1-13-7-10-21(11-16(13)22)17(23)20-12-18(8-2-9-18)14-3-5-15(19)6-4-14/h3-6,13,16,22H,2,7-12H2,1H3,(H,20,23). The van der Waals surface area contributed by atoms with Gasteiger partial charge in [0.15, 0.2) is 0 Å². The number of rotatable bonds is 3. The molecule has 0 radical (unpaired) electrons. The third-order valence-electron chi connectivity index (χ3n) is 5.55. The van der Waals surface area contributed by atoms with Gasteiger partial charge in [-0.05, 0) is 42.9 Å². The van der Waals surface area contributed by atoms with Crippen LogP contribution in [0.15, 0.2) is 24.3 Å². The second-order valence-corrected chi connectivity index (χ2v) is 7.08. The topological polar surface area (TPSA) is 52.6 Å². The summed E-state index contributed by atoms with van der Waals surface area (Å²) in [6.07, 6.45) is 3.55. The van der Waals surface area contributed by atoms with Crippen molar-refractivity contribution in [3.05, 3.63) is 35.6 Å². The maximum atomic E-state index is 13.1. The lowest BCUT2D eigenvalue weighted by Crippen LogP contribution is -2.53. The van der Waals surface area contributed by atoms with Crippen molar-refractivity contribution in [1.29, 1.82) is 0 Å². The third-order valence-corrected chi connectivity index (χ3v) is 5.55. The van der Waals surface area contributed by atoms with E-state index in [9.17, 15) is 14.3 Å². The Hall–Kier alpha value is -1.62. The number of aliphatic hydroxyl groups is 1. The van der Waals surface area contributed by atoms with Crippen molar-refractivity contribution in [3.63, 3.8) is 0 Å². The van der Waals surface area contributed by atoms with Crippen molar-refractivity contribution in [3.8, 4) is 0 Å². The molecule has 5 heteroatoms. The molecule has 1 aliphatic carbocycles. The van der Waals surface area contributed by atoms with E-state index >= 15 is 0 Å². The molecule has 0 aromatic heterocycles. The summed E-state index contributed by atoms with van der Waals surface area (Å²) in [6.45, 7) is 3.67. The van der Waals surface area contributed by atoms with Crippen LogP contribution in [-0.2, 0) is 5.41 Å². The minimum Gasteiger partial charge on any atom is -0.391 e. The quantitative estimate of drug-likeness (QED) is 0.899. The zero-order chi connectivity index (χ0) is 16.4. The molecule has 2 atom stereocenters. The summed E-state index contributed by atoms with van der Waals surface area (Å²) in [6, 6.07) is 6.52. The molecule has 1 heterocycles. The molecule has 1 aromatic rings.